The number of hydrogen-bond acceptors (Lipinski definition) is 5. The van der Waals surface area contributed by atoms with Gasteiger partial charge in [-0.1, -0.05) is 5.56 Å². The third-order valence-electron chi connectivity index (χ3n) is 1.85. The van der Waals surface area contributed by atoms with Crippen molar-refractivity contribution in [2.75, 3.05) is 5.32 Å². The molecule has 1 amide bonds. The normalized spacial score (nSPS) is 8.84. The average molecular weight is 290 g/mol. The van der Waals surface area contributed by atoms with Crippen LogP contribution in [0.4, 0.5) is 10.1 Å². The number of aromatic nitrogens is 1. The van der Waals surface area contributed by atoms with Gasteiger partial charge in [0.1, 0.15) is 6.20 Å². The third-order valence-corrected chi connectivity index (χ3v) is 2.71. The molecule has 0 aliphatic heterocycles. The Bertz CT molecular complexity index is 561. The van der Waals surface area contributed by atoms with E-state index in [4.69, 9.17) is 0 Å². The molecular weight excluding hydrogens is 281 g/mol. The Hall–Kier alpha value is -1.32. The zero-order chi connectivity index (χ0) is 12.3. The number of nitrogens with zero attached hydrogens (tertiary/aromatic N) is 2. The van der Waals surface area contributed by atoms with E-state index in [0.717, 1.165) is 17.5 Å². The van der Waals surface area contributed by atoms with Gasteiger partial charge in [-0.25, -0.2) is 4.98 Å². The van der Waals surface area contributed by atoms with Crippen molar-refractivity contribution in [2.45, 2.75) is 0 Å². The van der Waals surface area contributed by atoms with Gasteiger partial charge in [0, 0.05) is 0 Å². The second-order valence-corrected chi connectivity index (χ2v) is 4.00. The van der Waals surface area contributed by atoms with E-state index < -0.39 is 10.8 Å². The maximum absolute atomic E-state index is 11.6. The standard InChI is InChI=1S/C10H6N3O3S.Na.H2O/c14-9(7-4-2-1-3-5-7)12-10-11-6-8(17-10)13(15)16;;/h1-4,6H,(H,11,12,14);;1H2/q-1;+1;/p+1. The molecular formula is C10H9N3NaO4S+. The Balaban J connectivity index is 0.00000162. The van der Waals surface area contributed by atoms with E-state index in [9.17, 15) is 14.9 Å². The van der Waals surface area contributed by atoms with E-state index in [2.05, 4.69) is 16.4 Å². The van der Waals surface area contributed by atoms with Crippen molar-refractivity contribution >= 4 is 27.4 Å². The maximum Gasteiger partial charge on any atom is 1.00 e. The number of anilines is 1. The molecule has 0 radical (unpaired) electrons. The van der Waals surface area contributed by atoms with E-state index in [1.54, 1.807) is 24.3 Å². The predicted octanol–water partition coefficient (Wildman–Crippen LogP) is -1.81. The van der Waals surface area contributed by atoms with Crippen LogP contribution in [0.15, 0.2) is 30.5 Å². The largest absolute Gasteiger partial charge is 1.00 e. The fourth-order valence-electron chi connectivity index (χ4n) is 1.11. The summed E-state index contributed by atoms with van der Waals surface area (Å²) in [6, 6.07) is 9.40. The van der Waals surface area contributed by atoms with Crippen molar-refractivity contribution < 1.29 is 44.8 Å². The first-order valence-corrected chi connectivity index (χ1v) is 5.37. The van der Waals surface area contributed by atoms with Gasteiger partial charge >= 0.3 is 34.6 Å². The van der Waals surface area contributed by atoms with Gasteiger partial charge in [-0.2, -0.15) is 0 Å². The van der Waals surface area contributed by atoms with Gasteiger partial charge in [0.25, 0.3) is 0 Å². The molecule has 0 aliphatic carbocycles. The van der Waals surface area contributed by atoms with Crippen molar-refractivity contribution in [1.82, 2.24) is 4.98 Å². The van der Waals surface area contributed by atoms with Gasteiger partial charge in [0.05, 0.1) is 4.92 Å². The van der Waals surface area contributed by atoms with Gasteiger partial charge in [0.15, 0.2) is 11.0 Å². The Morgan fingerprint density at radius 1 is 1.47 bits per heavy atom. The molecule has 2 rings (SSSR count). The number of benzene rings is 1. The van der Waals surface area contributed by atoms with Gasteiger partial charge in [-0.05, 0) is 11.3 Å². The van der Waals surface area contributed by atoms with Crippen LogP contribution in [-0.2, 0) is 5.48 Å². The monoisotopic (exact) mass is 290 g/mol. The molecule has 0 unspecified atom stereocenters. The van der Waals surface area contributed by atoms with E-state index >= 15 is 0 Å². The number of carbonyl (C=O) groups excluding carboxylic acids is 1. The van der Waals surface area contributed by atoms with Gasteiger partial charge in [-0.3, -0.25) is 10.1 Å². The van der Waals surface area contributed by atoms with Gasteiger partial charge in [0.2, 0.25) is 0 Å². The number of nitrogens with one attached hydrogen (secondary N) is 1. The smallest absolute Gasteiger partial charge is 0.457 e. The molecule has 0 atom stereocenters. The molecule has 0 saturated carbocycles. The van der Waals surface area contributed by atoms with Crippen LogP contribution in [0.2, 0.25) is 0 Å². The molecule has 19 heavy (non-hydrogen) atoms. The van der Waals surface area contributed by atoms with Crippen LogP contribution in [-0.4, -0.2) is 15.8 Å². The third kappa shape index (κ3) is 4.69. The van der Waals surface area contributed by atoms with Crippen LogP contribution in [0.5, 0.6) is 0 Å². The number of carbonyl (C=O) groups is 1. The fraction of sp³-hybridized carbons (Fsp3) is 0. The fourth-order valence-corrected chi connectivity index (χ4v) is 1.73. The summed E-state index contributed by atoms with van der Waals surface area (Å²) in [5, 5.41) is 13.0. The van der Waals surface area contributed by atoms with E-state index in [1.807, 2.05) is 0 Å². The molecule has 0 bridgehead atoms. The minimum Gasteiger partial charge on any atom is -0.457 e. The summed E-state index contributed by atoms with van der Waals surface area (Å²) in [6.45, 7) is 0. The van der Waals surface area contributed by atoms with Gasteiger partial charge in [-0.15, -0.1) is 30.3 Å². The number of hydrogen-bond donors (Lipinski definition) is 1. The summed E-state index contributed by atoms with van der Waals surface area (Å²) in [4.78, 5) is 25.3. The number of amides is 1. The summed E-state index contributed by atoms with van der Waals surface area (Å²) >= 11 is 0.808. The summed E-state index contributed by atoms with van der Waals surface area (Å²) in [7, 11) is 0. The summed E-state index contributed by atoms with van der Waals surface area (Å²) in [6.07, 6.45) is 1.11. The van der Waals surface area contributed by atoms with Crippen LogP contribution in [0, 0.1) is 16.2 Å². The number of rotatable bonds is 3. The molecule has 2 aromatic rings. The molecule has 9 heteroatoms. The van der Waals surface area contributed by atoms with Crippen LogP contribution in [0.25, 0.3) is 0 Å². The summed E-state index contributed by atoms with van der Waals surface area (Å²) < 4.78 is 0. The second-order valence-electron chi connectivity index (χ2n) is 2.99. The molecule has 0 aliphatic rings. The van der Waals surface area contributed by atoms with Crippen LogP contribution in [0.1, 0.15) is 10.4 Å². The zero-order valence-corrected chi connectivity index (χ0v) is 12.8. The zero-order valence-electron chi connectivity index (χ0n) is 9.99. The summed E-state index contributed by atoms with van der Waals surface area (Å²) in [5.74, 6) is -0.394. The van der Waals surface area contributed by atoms with E-state index in [-0.39, 0.29) is 45.2 Å². The minimum absolute atomic E-state index is 0. The molecule has 1 aromatic heterocycles. The number of thiazole rings is 1. The van der Waals surface area contributed by atoms with Crippen molar-refractivity contribution in [3.63, 3.8) is 0 Å². The molecule has 4 N–H and O–H groups in total. The van der Waals surface area contributed by atoms with Crippen LogP contribution < -0.4 is 34.9 Å². The topological polar surface area (TPSA) is 118 Å². The Morgan fingerprint density at radius 2 is 2.21 bits per heavy atom. The van der Waals surface area contributed by atoms with Crippen molar-refractivity contribution in [1.29, 1.82) is 0 Å². The van der Waals surface area contributed by atoms with Crippen LogP contribution >= 0.6 is 11.3 Å². The first-order valence-electron chi connectivity index (χ1n) is 4.55. The van der Waals surface area contributed by atoms with Crippen molar-refractivity contribution in [3.8, 4) is 0 Å². The van der Waals surface area contributed by atoms with Crippen molar-refractivity contribution in [3.05, 3.63) is 52.2 Å². The summed E-state index contributed by atoms with van der Waals surface area (Å²) in [5.41, 5.74) is 0.352. The maximum atomic E-state index is 11.6. The first kappa shape index (κ1) is 17.7. The predicted molar refractivity (Wildman–Crippen MR) is 66.9 cm³/mol. The Kier molecular flexibility index (Phi) is 7.42. The molecule has 0 saturated heterocycles. The average Bonchev–Trinajstić information content (AvgIpc) is 2.79. The molecule has 94 valence electrons. The molecule has 1 aromatic carbocycles. The molecule has 0 fully saturated rings. The SMILES string of the molecule is O=C(Nc1ncc([N+](=O)[O-])s1)c1[c-]cccc1.[Na+].[OH3+]. The second kappa shape index (κ2) is 7.97. The molecule has 7 nitrogen and oxygen atoms in total. The van der Waals surface area contributed by atoms with E-state index in [0.29, 0.717) is 5.56 Å². The quantitative estimate of drug-likeness (QED) is 0.235. The minimum atomic E-state index is -0.554. The number of nitro groups is 1. The van der Waals surface area contributed by atoms with E-state index in [1.165, 1.54) is 0 Å². The molecule has 0 spiro atoms. The molecule has 1 heterocycles. The van der Waals surface area contributed by atoms with Gasteiger partial charge < -0.3 is 15.6 Å². The van der Waals surface area contributed by atoms with Crippen LogP contribution in [0.3, 0.4) is 0 Å². The Morgan fingerprint density at radius 3 is 2.74 bits per heavy atom. The first-order chi connectivity index (χ1) is 8.16. The Labute approximate surface area is 134 Å². The van der Waals surface area contributed by atoms with Crippen molar-refractivity contribution in [2.24, 2.45) is 0 Å².